The quantitative estimate of drug-likeness (QED) is 0.248. The molecule has 0 unspecified atom stereocenters. The lowest BCUT2D eigenvalue weighted by molar-refractivity contribution is -0.123. The fraction of sp³-hybridized carbons (Fsp3) is 0.348. The Morgan fingerprint density at radius 3 is 2.19 bits per heavy atom. The molecule has 31 heavy (non-hydrogen) atoms. The summed E-state index contributed by atoms with van der Waals surface area (Å²) in [5, 5.41) is 0. The molecule has 6 atom stereocenters. The predicted molar refractivity (Wildman–Crippen MR) is 121 cm³/mol. The zero-order valence-electron chi connectivity index (χ0n) is 16.5. The number of imide groups is 1. The third-order valence-electron chi connectivity index (χ3n) is 6.58. The lowest BCUT2D eigenvalue weighted by Crippen LogP contribution is -2.37. The van der Waals surface area contributed by atoms with Crippen molar-refractivity contribution >= 4 is 55.3 Å². The van der Waals surface area contributed by atoms with Gasteiger partial charge in [0.15, 0.2) is 0 Å². The van der Waals surface area contributed by atoms with Crippen LogP contribution in [0.4, 0.5) is 5.69 Å². The molecule has 1 saturated heterocycles. The molecule has 1 heterocycles. The Hall–Kier alpha value is -2.19. The highest BCUT2D eigenvalue weighted by molar-refractivity contribution is 9.12. The molecular formula is C23H19Br2NO5. The largest absolute Gasteiger partial charge is 0.497 e. The number of rotatable bonds is 4. The second kappa shape index (κ2) is 7.74. The van der Waals surface area contributed by atoms with E-state index in [2.05, 4.69) is 31.9 Å². The van der Waals surface area contributed by atoms with Crippen LogP contribution in [0.3, 0.4) is 0 Å². The van der Waals surface area contributed by atoms with Crippen LogP contribution in [0.1, 0.15) is 16.8 Å². The SMILES string of the molecule is COc1cccc(C(=O)Oc2cccc(N3C(=O)[C@@H]4[C@H]5C[C@H]([C@H](Br)[C@@H]5Br)[C@@H]4C3=O)c2)c1. The standard InChI is InChI=1S/C23H19Br2NO5/c1-30-13-6-2-4-11(8-13)23(29)31-14-7-3-5-12(9-14)26-21(27)17-15-10-16(18(17)22(26)28)20(25)19(15)24/h2-9,15-20H,10H2,1H3/t15-,16+,17-,18+,19-,20+. The Morgan fingerprint density at radius 2 is 1.55 bits per heavy atom. The van der Waals surface area contributed by atoms with E-state index in [1.54, 1.807) is 48.5 Å². The first-order valence-corrected chi connectivity index (χ1v) is 11.9. The molecule has 160 valence electrons. The van der Waals surface area contributed by atoms with Gasteiger partial charge < -0.3 is 9.47 Å². The number of amides is 2. The summed E-state index contributed by atoms with van der Waals surface area (Å²) in [6.45, 7) is 0. The van der Waals surface area contributed by atoms with Crippen LogP contribution in [-0.4, -0.2) is 34.5 Å². The summed E-state index contributed by atoms with van der Waals surface area (Å²) < 4.78 is 10.6. The van der Waals surface area contributed by atoms with Crippen LogP contribution >= 0.6 is 31.9 Å². The van der Waals surface area contributed by atoms with Gasteiger partial charge in [-0.1, -0.05) is 44.0 Å². The molecule has 0 N–H and O–H groups in total. The summed E-state index contributed by atoms with van der Waals surface area (Å²) in [5.41, 5.74) is 0.771. The highest BCUT2D eigenvalue weighted by atomic mass is 79.9. The van der Waals surface area contributed by atoms with Crippen molar-refractivity contribution in [1.29, 1.82) is 0 Å². The fourth-order valence-electron chi connectivity index (χ4n) is 5.21. The Morgan fingerprint density at radius 1 is 0.935 bits per heavy atom. The minimum Gasteiger partial charge on any atom is -0.497 e. The average Bonchev–Trinajstić information content (AvgIpc) is 3.38. The molecule has 3 fully saturated rings. The first-order valence-electron chi connectivity index (χ1n) is 10.0. The number of alkyl halides is 2. The monoisotopic (exact) mass is 547 g/mol. The number of methoxy groups -OCH3 is 1. The molecule has 0 aromatic heterocycles. The van der Waals surface area contributed by atoms with E-state index < -0.39 is 5.97 Å². The van der Waals surface area contributed by atoms with Crippen molar-refractivity contribution in [2.45, 2.75) is 16.1 Å². The molecule has 5 rings (SSSR count). The molecule has 1 aliphatic heterocycles. The van der Waals surface area contributed by atoms with Crippen molar-refractivity contribution in [2.75, 3.05) is 12.0 Å². The molecule has 2 amide bonds. The van der Waals surface area contributed by atoms with Crippen LogP contribution in [0.15, 0.2) is 48.5 Å². The number of nitrogens with zero attached hydrogens (tertiary/aromatic N) is 1. The molecule has 0 radical (unpaired) electrons. The highest BCUT2D eigenvalue weighted by Gasteiger charge is 2.66. The summed E-state index contributed by atoms with van der Waals surface area (Å²) in [7, 11) is 1.52. The molecule has 8 heteroatoms. The zero-order valence-corrected chi connectivity index (χ0v) is 19.7. The molecule has 2 aliphatic carbocycles. The van der Waals surface area contributed by atoms with Gasteiger partial charge in [0.05, 0.1) is 30.2 Å². The van der Waals surface area contributed by atoms with Crippen molar-refractivity contribution in [3.63, 3.8) is 0 Å². The molecule has 3 aliphatic rings. The van der Waals surface area contributed by atoms with Gasteiger partial charge in [-0.25, -0.2) is 9.69 Å². The number of hydrogen-bond acceptors (Lipinski definition) is 5. The first kappa shape index (κ1) is 20.7. The number of hydrogen-bond donors (Lipinski definition) is 0. The van der Waals surface area contributed by atoms with Gasteiger partial charge in [0, 0.05) is 15.7 Å². The third kappa shape index (κ3) is 3.22. The fourth-order valence-corrected chi connectivity index (χ4v) is 7.08. The minimum absolute atomic E-state index is 0.148. The smallest absolute Gasteiger partial charge is 0.343 e. The second-order valence-corrected chi connectivity index (χ2v) is 10.2. The maximum Gasteiger partial charge on any atom is 0.343 e. The van der Waals surface area contributed by atoms with E-state index in [-0.39, 0.29) is 50.9 Å². The molecule has 2 bridgehead atoms. The molecule has 0 spiro atoms. The van der Waals surface area contributed by atoms with Gasteiger partial charge in [0.2, 0.25) is 11.8 Å². The summed E-state index contributed by atoms with van der Waals surface area (Å²) in [5.74, 6) is -0.350. The number of ether oxygens (including phenoxy) is 2. The van der Waals surface area contributed by atoms with Crippen LogP contribution in [0.2, 0.25) is 0 Å². The topological polar surface area (TPSA) is 72.9 Å². The van der Waals surface area contributed by atoms with Crippen LogP contribution in [0.25, 0.3) is 0 Å². The number of carbonyl (C=O) groups excluding carboxylic acids is 3. The Labute approximate surface area is 196 Å². The van der Waals surface area contributed by atoms with Gasteiger partial charge in [-0.2, -0.15) is 0 Å². The molecule has 2 aromatic carbocycles. The minimum atomic E-state index is -0.547. The lowest BCUT2D eigenvalue weighted by atomic mass is 9.81. The lowest BCUT2D eigenvalue weighted by Gasteiger charge is -2.28. The molecular weight excluding hydrogens is 530 g/mol. The van der Waals surface area contributed by atoms with Crippen molar-refractivity contribution in [3.05, 3.63) is 54.1 Å². The van der Waals surface area contributed by atoms with E-state index in [0.29, 0.717) is 17.0 Å². The number of carbonyl (C=O) groups is 3. The maximum absolute atomic E-state index is 13.2. The number of anilines is 1. The van der Waals surface area contributed by atoms with Gasteiger partial charge in [0.25, 0.3) is 0 Å². The Balaban J connectivity index is 1.39. The van der Waals surface area contributed by atoms with Crippen molar-refractivity contribution < 1.29 is 23.9 Å². The van der Waals surface area contributed by atoms with Crippen LogP contribution in [-0.2, 0) is 9.59 Å². The molecule has 2 aromatic rings. The van der Waals surface area contributed by atoms with E-state index in [1.807, 2.05) is 0 Å². The first-order chi connectivity index (χ1) is 14.9. The second-order valence-electron chi connectivity index (χ2n) is 8.13. The molecule has 2 saturated carbocycles. The normalized spacial score (nSPS) is 31.1. The number of esters is 1. The van der Waals surface area contributed by atoms with E-state index in [4.69, 9.17) is 9.47 Å². The van der Waals surface area contributed by atoms with E-state index in [1.165, 1.54) is 12.0 Å². The van der Waals surface area contributed by atoms with Gasteiger partial charge >= 0.3 is 5.97 Å². The van der Waals surface area contributed by atoms with Crippen molar-refractivity contribution in [3.8, 4) is 11.5 Å². The Bertz CT molecular complexity index is 1060. The summed E-state index contributed by atoms with van der Waals surface area (Å²) >= 11 is 7.39. The van der Waals surface area contributed by atoms with Gasteiger partial charge in [-0.05, 0) is 48.6 Å². The third-order valence-corrected chi connectivity index (χ3v) is 9.79. The molecule has 6 nitrogen and oxygen atoms in total. The van der Waals surface area contributed by atoms with Crippen LogP contribution in [0.5, 0.6) is 11.5 Å². The predicted octanol–water partition coefficient (Wildman–Crippen LogP) is 4.20. The van der Waals surface area contributed by atoms with Crippen molar-refractivity contribution in [2.24, 2.45) is 23.7 Å². The maximum atomic E-state index is 13.2. The van der Waals surface area contributed by atoms with Gasteiger partial charge in [-0.15, -0.1) is 0 Å². The average molecular weight is 549 g/mol. The van der Waals surface area contributed by atoms with Gasteiger partial charge in [-0.3, -0.25) is 9.59 Å². The van der Waals surface area contributed by atoms with Crippen LogP contribution < -0.4 is 14.4 Å². The van der Waals surface area contributed by atoms with Gasteiger partial charge in [0.1, 0.15) is 11.5 Å². The number of halogens is 2. The zero-order chi connectivity index (χ0) is 21.9. The summed E-state index contributed by atoms with van der Waals surface area (Å²) in [6, 6.07) is 13.2. The van der Waals surface area contributed by atoms with Crippen LogP contribution in [0, 0.1) is 23.7 Å². The van der Waals surface area contributed by atoms with E-state index in [0.717, 1.165) is 6.42 Å². The van der Waals surface area contributed by atoms with E-state index in [9.17, 15) is 14.4 Å². The summed E-state index contributed by atoms with van der Waals surface area (Å²) in [6.07, 6.45) is 0.880. The Kier molecular flexibility index (Phi) is 5.17. The number of fused-ring (bicyclic) bond motifs is 5. The summed E-state index contributed by atoms with van der Waals surface area (Å²) in [4.78, 5) is 40.6. The van der Waals surface area contributed by atoms with E-state index >= 15 is 0 Å². The highest BCUT2D eigenvalue weighted by Crippen LogP contribution is 2.60. The van der Waals surface area contributed by atoms with Crippen molar-refractivity contribution in [1.82, 2.24) is 0 Å². The number of benzene rings is 2.